The molecule has 0 aliphatic heterocycles. The summed E-state index contributed by atoms with van der Waals surface area (Å²) in [4.78, 5) is 31.2. The molecule has 1 amide bonds. The molecular weight excluding hydrogens is 474 g/mol. The number of benzene rings is 2. The number of hydrogen-bond acceptors (Lipinski definition) is 7. The number of unbranched alkanes of at least 4 members (excludes halogenated alkanes) is 1. The second kappa shape index (κ2) is 11.9. The molecule has 11 heteroatoms. The summed E-state index contributed by atoms with van der Waals surface area (Å²) in [6.45, 7) is 5.00. The average Bonchev–Trinajstić information content (AvgIpc) is 3.57. The predicted molar refractivity (Wildman–Crippen MR) is 136 cm³/mol. The highest BCUT2D eigenvalue weighted by molar-refractivity contribution is 6.03. The first kappa shape index (κ1) is 25.5. The van der Waals surface area contributed by atoms with Crippen molar-refractivity contribution in [2.24, 2.45) is 0 Å². The highest BCUT2D eigenvalue weighted by Crippen LogP contribution is 2.24. The third kappa shape index (κ3) is 6.00. The Morgan fingerprint density at radius 3 is 2.57 bits per heavy atom. The third-order valence-electron chi connectivity index (χ3n) is 5.87. The molecule has 37 heavy (non-hydrogen) atoms. The molecule has 4 aromatic rings. The highest BCUT2D eigenvalue weighted by atomic mass is 16.5. The van der Waals surface area contributed by atoms with Crippen LogP contribution in [0.5, 0.6) is 5.75 Å². The topological polar surface area (TPSA) is 139 Å². The van der Waals surface area contributed by atoms with Crippen molar-refractivity contribution in [3.63, 3.8) is 0 Å². The van der Waals surface area contributed by atoms with Crippen LogP contribution in [0.15, 0.2) is 54.7 Å². The molecule has 0 unspecified atom stereocenters. The lowest BCUT2D eigenvalue weighted by atomic mass is 10.1. The van der Waals surface area contributed by atoms with Gasteiger partial charge in [-0.3, -0.25) is 9.69 Å². The number of amides is 1. The molecule has 0 aliphatic carbocycles. The van der Waals surface area contributed by atoms with Crippen LogP contribution in [0.1, 0.15) is 64.5 Å². The summed E-state index contributed by atoms with van der Waals surface area (Å²) >= 11 is 0. The number of carboxylic acids is 1. The van der Waals surface area contributed by atoms with Crippen molar-refractivity contribution in [1.82, 2.24) is 30.2 Å². The van der Waals surface area contributed by atoms with Gasteiger partial charge < -0.3 is 14.4 Å². The quantitative estimate of drug-likeness (QED) is 0.298. The minimum Gasteiger partial charge on any atom is -0.494 e. The number of aryl methyl sites for hydroxylation is 1. The van der Waals surface area contributed by atoms with Crippen LogP contribution in [0.2, 0.25) is 0 Å². The molecule has 0 radical (unpaired) electrons. The van der Waals surface area contributed by atoms with E-state index in [1.54, 1.807) is 30.5 Å². The van der Waals surface area contributed by atoms with Gasteiger partial charge in [0.05, 0.1) is 24.9 Å². The molecule has 11 nitrogen and oxygen atoms in total. The summed E-state index contributed by atoms with van der Waals surface area (Å²) in [6, 6.07) is 14.1. The van der Waals surface area contributed by atoms with Crippen LogP contribution in [0.3, 0.4) is 0 Å². The van der Waals surface area contributed by atoms with Crippen molar-refractivity contribution in [2.75, 3.05) is 11.5 Å². The summed E-state index contributed by atoms with van der Waals surface area (Å²) in [5, 5.41) is 23.4. The second-order valence-corrected chi connectivity index (χ2v) is 8.40. The van der Waals surface area contributed by atoms with Gasteiger partial charge in [0.25, 0.3) is 11.9 Å². The number of nitrogens with zero attached hydrogens (tertiary/aromatic N) is 6. The van der Waals surface area contributed by atoms with Crippen LogP contribution in [-0.2, 0) is 19.5 Å². The Kier molecular flexibility index (Phi) is 8.24. The number of aromatic carboxylic acids is 1. The zero-order chi connectivity index (χ0) is 26.2. The Bertz CT molecular complexity index is 1330. The van der Waals surface area contributed by atoms with Crippen LogP contribution >= 0.6 is 0 Å². The molecule has 4 rings (SSSR count). The molecule has 0 spiro atoms. The van der Waals surface area contributed by atoms with Gasteiger partial charge in [0.1, 0.15) is 17.3 Å². The summed E-state index contributed by atoms with van der Waals surface area (Å²) in [6.07, 6.45) is 4.17. The first-order chi connectivity index (χ1) is 18.0. The predicted octanol–water partition coefficient (Wildman–Crippen LogP) is 3.73. The number of tetrazole rings is 1. The van der Waals surface area contributed by atoms with Crippen LogP contribution in [0.4, 0.5) is 5.95 Å². The van der Waals surface area contributed by atoms with Crippen LogP contribution in [0.25, 0.3) is 0 Å². The fourth-order valence-corrected chi connectivity index (χ4v) is 3.97. The molecule has 0 aliphatic rings. The highest BCUT2D eigenvalue weighted by Gasteiger charge is 2.27. The van der Waals surface area contributed by atoms with Gasteiger partial charge >= 0.3 is 5.97 Å². The van der Waals surface area contributed by atoms with Gasteiger partial charge in [0.2, 0.25) is 0 Å². The molecule has 2 aromatic heterocycles. The molecule has 192 valence electrons. The Morgan fingerprint density at radius 1 is 1.11 bits per heavy atom. The first-order valence-corrected chi connectivity index (χ1v) is 12.1. The third-order valence-corrected chi connectivity index (χ3v) is 5.87. The lowest BCUT2D eigenvalue weighted by Crippen LogP contribution is -2.33. The molecule has 0 saturated carbocycles. The Hall–Kier alpha value is -4.54. The summed E-state index contributed by atoms with van der Waals surface area (Å²) in [5.41, 5.74) is 2.21. The maximum absolute atomic E-state index is 14.0. The van der Waals surface area contributed by atoms with Crippen molar-refractivity contribution in [3.05, 3.63) is 82.9 Å². The van der Waals surface area contributed by atoms with E-state index in [0.29, 0.717) is 31.0 Å². The molecule has 2 heterocycles. The van der Waals surface area contributed by atoms with E-state index in [2.05, 4.69) is 32.5 Å². The number of H-pyrrole nitrogens is 1. The number of imidazole rings is 1. The van der Waals surface area contributed by atoms with Crippen LogP contribution in [-0.4, -0.2) is 53.8 Å². The van der Waals surface area contributed by atoms with E-state index < -0.39 is 5.97 Å². The summed E-state index contributed by atoms with van der Waals surface area (Å²) in [5.74, 6) is 0.240. The summed E-state index contributed by atoms with van der Waals surface area (Å²) < 4.78 is 7.63. The van der Waals surface area contributed by atoms with E-state index in [4.69, 9.17) is 4.74 Å². The molecule has 0 saturated heterocycles. The lowest BCUT2D eigenvalue weighted by Gasteiger charge is -2.21. The second-order valence-electron chi connectivity index (χ2n) is 8.40. The van der Waals surface area contributed by atoms with Crippen molar-refractivity contribution >= 4 is 17.8 Å². The van der Waals surface area contributed by atoms with Crippen molar-refractivity contribution in [3.8, 4) is 5.75 Å². The fraction of sp³-hybridized carbons (Fsp3) is 0.308. The monoisotopic (exact) mass is 503 g/mol. The zero-order valence-corrected chi connectivity index (χ0v) is 20.8. The van der Waals surface area contributed by atoms with Crippen molar-refractivity contribution < 1.29 is 19.4 Å². The van der Waals surface area contributed by atoms with E-state index in [1.807, 2.05) is 35.8 Å². The molecule has 0 fully saturated rings. The number of aromatic nitrogens is 6. The molecule has 0 bridgehead atoms. The minimum absolute atomic E-state index is 0.130. The Morgan fingerprint density at radius 2 is 1.89 bits per heavy atom. The van der Waals surface area contributed by atoms with Gasteiger partial charge in [0.15, 0.2) is 0 Å². The molecule has 2 aromatic carbocycles. The van der Waals surface area contributed by atoms with Gasteiger partial charge in [-0.2, -0.15) is 5.21 Å². The zero-order valence-electron chi connectivity index (χ0n) is 20.8. The molecular formula is C26H29N7O4. The normalized spacial score (nSPS) is 10.9. The minimum atomic E-state index is -0.989. The number of carbonyl (C=O) groups excluding carboxylic acids is 1. The Balaban J connectivity index is 1.70. The van der Waals surface area contributed by atoms with Gasteiger partial charge in [-0.15, -0.1) is 5.10 Å². The number of rotatable bonds is 12. The van der Waals surface area contributed by atoms with Gasteiger partial charge in [-0.05, 0) is 42.3 Å². The number of aromatic amines is 1. The largest absolute Gasteiger partial charge is 0.494 e. The van der Waals surface area contributed by atoms with E-state index in [1.165, 1.54) is 4.90 Å². The number of ether oxygens (including phenoxy) is 1. The molecule has 2 N–H and O–H groups in total. The maximum atomic E-state index is 14.0. The number of para-hydroxylation sites is 1. The van der Waals surface area contributed by atoms with Gasteiger partial charge in [0, 0.05) is 18.5 Å². The fourth-order valence-electron chi connectivity index (χ4n) is 3.97. The van der Waals surface area contributed by atoms with Crippen molar-refractivity contribution in [1.29, 1.82) is 0 Å². The van der Waals surface area contributed by atoms with Gasteiger partial charge in [-0.1, -0.05) is 48.8 Å². The smallest absolute Gasteiger partial charge is 0.335 e. The van der Waals surface area contributed by atoms with Crippen LogP contribution in [0, 0.1) is 0 Å². The average molecular weight is 504 g/mol. The number of nitrogens with one attached hydrogen (secondary N) is 1. The van der Waals surface area contributed by atoms with E-state index in [0.717, 1.165) is 29.8 Å². The van der Waals surface area contributed by atoms with Crippen LogP contribution < -0.4 is 9.64 Å². The lowest BCUT2D eigenvalue weighted by molar-refractivity contribution is 0.0696. The SMILES string of the molecule is CCCCc1ncc(C(=O)N(Cc2ccccc2OCC)c2nn[nH]n2)n1Cc1ccc(C(=O)O)cc1. The van der Waals surface area contributed by atoms with Gasteiger partial charge in [-0.25, -0.2) is 9.78 Å². The number of carboxylic acid groups (broad SMARTS) is 1. The molecule has 0 atom stereocenters. The number of hydrogen-bond donors (Lipinski definition) is 2. The van der Waals surface area contributed by atoms with E-state index in [-0.39, 0.29) is 24.0 Å². The summed E-state index contributed by atoms with van der Waals surface area (Å²) in [7, 11) is 0. The maximum Gasteiger partial charge on any atom is 0.335 e. The Labute approximate surface area is 214 Å². The number of anilines is 1. The first-order valence-electron chi connectivity index (χ1n) is 12.1. The van der Waals surface area contributed by atoms with E-state index in [9.17, 15) is 14.7 Å². The standard InChI is InChI=1S/C26H29N7O4/c1-3-5-10-23-27-15-21(32(23)16-18-11-13-19(14-12-18)25(35)36)24(34)33(26-28-30-31-29-26)17-20-8-6-7-9-22(20)37-4-2/h6-9,11-15H,3-5,10,16-17H2,1-2H3,(H,35,36)(H,28,29,30,31). The van der Waals surface area contributed by atoms with E-state index >= 15 is 0 Å². The number of carbonyl (C=O) groups is 2. The van der Waals surface area contributed by atoms with Crippen molar-refractivity contribution in [2.45, 2.75) is 46.2 Å².